The summed E-state index contributed by atoms with van der Waals surface area (Å²) in [6.45, 7) is 3.67. The Morgan fingerprint density at radius 1 is 1.30 bits per heavy atom. The summed E-state index contributed by atoms with van der Waals surface area (Å²) < 4.78 is 25.5. The summed E-state index contributed by atoms with van der Waals surface area (Å²) in [6.07, 6.45) is 3.73. The lowest BCUT2D eigenvalue weighted by molar-refractivity contribution is -0.126. The number of halogens is 1. The third kappa shape index (κ3) is 5.58. The Hall–Kier alpha value is -0.330. The van der Waals surface area contributed by atoms with Gasteiger partial charge in [-0.3, -0.25) is 4.79 Å². The number of carbonyl (C=O) groups is 1. The van der Waals surface area contributed by atoms with E-state index >= 15 is 0 Å². The maximum atomic E-state index is 12.0. The van der Waals surface area contributed by atoms with E-state index in [1.807, 2.05) is 0 Å². The number of nitrogens with zero attached hydrogens (tertiary/aromatic N) is 1. The molecule has 1 heterocycles. The Bertz CT molecular complexity index is 392. The van der Waals surface area contributed by atoms with Crippen molar-refractivity contribution >= 4 is 27.5 Å². The van der Waals surface area contributed by atoms with Crippen molar-refractivity contribution in [3.63, 3.8) is 0 Å². The van der Waals surface area contributed by atoms with Crippen LogP contribution >= 0.6 is 11.6 Å². The lowest BCUT2D eigenvalue weighted by Crippen LogP contribution is -2.43. The summed E-state index contributed by atoms with van der Waals surface area (Å²) in [5.41, 5.74) is 0. The fraction of sp³-hybridized carbons (Fsp3) is 0.923. The van der Waals surface area contributed by atoms with Gasteiger partial charge in [0, 0.05) is 31.4 Å². The molecule has 0 aromatic carbocycles. The summed E-state index contributed by atoms with van der Waals surface area (Å²) in [7, 11) is -3.20. The number of carbonyl (C=O) groups excluding carboxylic acids is 1. The fourth-order valence-corrected chi connectivity index (χ4v) is 4.12. The average molecular weight is 325 g/mol. The minimum absolute atomic E-state index is 0.0497. The molecule has 1 N–H and O–H groups in total. The molecule has 0 bridgehead atoms. The number of rotatable bonds is 8. The molecule has 1 fully saturated rings. The molecular weight excluding hydrogens is 300 g/mol. The fourth-order valence-electron chi connectivity index (χ4n) is 2.29. The van der Waals surface area contributed by atoms with Crippen LogP contribution in [0.25, 0.3) is 0 Å². The first-order valence-electron chi connectivity index (χ1n) is 7.32. The molecule has 118 valence electrons. The average Bonchev–Trinajstić information content (AvgIpc) is 2.45. The second-order valence-corrected chi connectivity index (χ2v) is 7.64. The summed E-state index contributed by atoms with van der Waals surface area (Å²) >= 11 is 5.54. The molecule has 0 aromatic rings. The monoisotopic (exact) mass is 324 g/mol. The lowest BCUT2D eigenvalue weighted by atomic mass is 9.97. The molecule has 0 saturated carbocycles. The van der Waals surface area contributed by atoms with Crippen LogP contribution in [-0.4, -0.2) is 49.9 Å². The molecule has 0 spiro atoms. The van der Waals surface area contributed by atoms with Crippen molar-refractivity contribution in [1.29, 1.82) is 0 Å². The van der Waals surface area contributed by atoms with Crippen LogP contribution in [0.1, 0.15) is 39.0 Å². The molecule has 0 aromatic heterocycles. The molecule has 1 aliphatic heterocycles. The van der Waals surface area contributed by atoms with Crippen molar-refractivity contribution in [3.05, 3.63) is 0 Å². The highest BCUT2D eigenvalue weighted by molar-refractivity contribution is 7.89. The van der Waals surface area contributed by atoms with Crippen LogP contribution in [0.2, 0.25) is 0 Å². The zero-order valence-corrected chi connectivity index (χ0v) is 13.7. The zero-order valence-electron chi connectivity index (χ0n) is 12.1. The highest BCUT2D eigenvalue weighted by atomic mass is 35.5. The van der Waals surface area contributed by atoms with E-state index in [4.69, 9.17) is 11.6 Å². The van der Waals surface area contributed by atoms with Crippen LogP contribution in [0.4, 0.5) is 0 Å². The number of alkyl halides is 1. The number of hydrogen-bond acceptors (Lipinski definition) is 3. The molecule has 5 nitrogen and oxygen atoms in total. The molecule has 0 unspecified atom stereocenters. The van der Waals surface area contributed by atoms with Crippen molar-refractivity contribution in [2.75, 3.05) is 31.3 Å². The highest BCUT2D eigenvalue weighted by Gasteiger charge is 2.30. The van der Waals surface area contributed by atoms with Crippen molar-refractivity contribution in [1.82, 2.24) is 9.62 Å². The third-order valence-electron chi connectivity index (χ3n) is 3.58. The van der Waals surface area contributed by atoms with Crippen LogP contribution in [0.15, 0.2) is 0 Å². The van der Waals surface area contributed by atoms with E-state index < -0.39 is 10.0 Å². The van der Waals surface area contributed by atoms with Gasteiger partial charge in [-0.15, -0.1) is 11.6 Å². The van der Waals surface area contributed by atoms with Crippen molar-refractivity contribution in [2.24, 2.45) is 5.92 Å². The first-order chi connectivity index (χ1) is 9.51. The van der Waals surface area contributed by atoms with Gasteiger partial charge in [0.25, 0.3) is 0 Å². The van der Waals surface area contributed by atoms with Crippen molar-refractivity contribution < 1.29 is 13.2 Å². The van der Waals surface area contributed by atoms with Crippen LogP contribution in [0.3, 0.4) is 0 Å². The Kier molecular flexibility index (Phi) is 7.84. The highest BCUT2D eigenvalue weighted by Crippen LogP contribution is 2.20. The number of nitrogens with one attached hydrogen (secondary N) is 1. The van der Waals surface area contributed by atoms with Crippen molar-refractivity contribution in [2.45, 2.75) is 39.0 Å². The first kappa shape index (κ1) is 17.7. The molecule has 0 atom stereocenters. The van der Waals surface area contributed by atoms with Gasteiger partial charge in [0.15, 0.2) is 0 Å². The van der Waals surface area contributed by atoms with Gasteiger partial charge in [0.05, 0.1) is 5.75 Å². The molecule has 20 heavy (non-hydrogen) atoms. The van der Waals surface area contributed by atoms with Gasteiger partial charge in [-0.1, -0.05) is 13.3 Å². The quantitative estimate of drug-likeness (QED) is 0.544. The number of sulfonamides is 1. The summed E-state index contributed by atoms with van der Waals surface area (Å²) in [4.78, 5) is 11.9. The third-order valence-corrected chi connectivity index (χ3v) is 5.81. The minimum atomic E-state index is -3.20. The predicted molar refractivity (Wildman–Crippen MR) is 81.3 cm³/mol. The summed E-state index contributed by atoms with van der Waals surface area (Å²) in [5, 5.41) is 2.92. The Balaban J connectivity index is 2.37. The van der Waals surface area contributed by atoms with Crippen LogP contribution in [0, 0.1) is 5.92 Å². The molecule has 0 aliphatic carbocycles. The molecule has 0 radical (unpaired) electrons. The van der Waals surface area contributed by atoms with E-state index in [2.05, 4.69) is 12.2 Å². The maximum Gasteiger partial charge on any atom is 0.223 e. The number of piperidine rings is 1. The predicted octanol–water partition coefficient (Wildman–Crippen LogP) is 1.57. The second kappa shape index (κ2) is 8.85. The largest absolute Gasteiger partial charge is 0.356 e. The number of hydrogen-bond donors (Lipinski definition) is 1. The van der Waals surface area contributed by atoms with Crippen LogP contribution < -0.4 is 5.32 Å². The molecule has 1 saturated heterocycles. The van der Waals surface area contributed by atoms with E-state index in [0.29, 0.717) is 44.8 Å². The SMILES string of the molecule is CCCCNC(=O)C1CCN(S(=O)(=O)CCCCl)CC1. The zero-order chi connectivity index (χ0) is 15.0. The van der Waals surface area contributed by atoms with E-state index in [1.165, 1.54) is 4.31 Å². The van der Waals surface area contributed by atoms with E-state index in [-0.39, 0.29) is 17.6 Å². The van der Waals surface area contributed by atoms with Crippen LogP contribution in [-0.2, 0) is 14.8 Å². The molecular formula is C13H25ClN2O3S. The van der Waals surface area contributed by atoms with Gasteiger partial charge in [-0.25, -0.2) is 12.7 Å². The first-order valence-corrected chi connectivity index (χ1v) is 9.47. The number of unbranched alkanes of at least 4 members (excludes halogenated alkanes) is 1. The lowest BCUT2D eigenvalue weighted by Gasteiger charge is -2.30. The molecule has 1 rings (SSSR count). The van der Waals surface area contributed by atoms with Crippen molar-refractivity contribution in [3.8, 4) is 0 Å². The van der Waals surface area contributed by atoms with Crippen LogP contribution in [0.5, 0.6) is 0 Å². The van der Waals surface area contributed by atoms with E-state index in [0.717, 1.165) is 12.8 Å². The van der Waals surface area contributed by atoms with Gasteiger partial charge in [-0.2, -0.15) is 0 Å². The Labute approximate surface area is 127 Å². The van der Waals surface area contributed by atoms with Gasteiger partial charge >= 0.3 is 0 Å². The minimum Gasteiger partial charge on any atom is -0.356 e. The number of amides is 1. The topological polar surface area (TPSA) is 66.5 Å². The smallest absolute Gasteiger partial charge is 0.223 e. The van der Waals surface area contributed by atoms with Gasteiger partial charge in [-0.05, 0) is 25.7 Å². The Morgan fingerprint density at radius 3 is 2.50 bits per heavy atom. The Morgan fingerprint density at radius 2 is 1.95 bits per heavy atom. The second-order valence-electron chi connectivity index (χ2n) is 5.18. The maximum absolute atomic E-state index is 12.0. The van der Waals surface area contributed by atoms with Gasteiger partial charge in [0.1, 0.15) is 0 Å². The van der Waals surface area contributed by atoms with E-state index in [1.54, 1.807) is 0 Å². The van der Waals surface area contributed by atoms with E-state index in [9.17, 15) is 13.2 Å². The summed E-state index contributed by atoms with van der Waals surface area (Å²) in [6, 6.07) is 0. The van der Waals surface area contributed by atoms with Gasteiger partial charge < -0.3 is 5.32 Å². The standard InChI is InChI=1S/C13H25ClN2O3S/c1-2-3-8-15-13(17)12-5-9-16(10-6-12)20(18,19)11-4-7-14/h12H,2-11H2,1H3,(H,15,17). The molecule has 7 heteroatoms. The van der Waals surface area contributed by atoms with Gasteiger partial charge in [0.2, 0.25) is 15.9 Å². The normalized spacial score (nSPS) is 18.1. The molecule has 1 aliphatic rings. The summed E-state index contributed by atoms with van der Waals surface area (Å²) in [5.74, 6) is 0.474. The molecule has 1 amide bonds.